The highest BCUT2D eigenvalue weighted by atomic mass is 16.5. The summed E-state index contributed by atoms with van der Waals surface area (Å²) in [6, 6.07) is 17.1. The van der Waals surface area contributed by atoms with Crippen molar-refractivity contribution in [2.24, 2.45) is 0 Å². The molecule has 2 N–H and O–H groups in total. The molecule has 1 amide bonds. The van der Waals surface area contributed by atoms with E-state index in [1.165, 1.54) is 0 Å². The lowest BCUT2D eigenvalue weighted by Gasteiger charge is -2.12. The molecule has 0 aliphatic rings. The van der Waals surface area contributed by atoms with E-state index in [1.54, 1.807) is 25.4 Å². The van der Waals surface area contributed by atoms with Crippen molar-refractivity contribution in [3.8, 4) is 5.75 Å². The summed E-state index contributed by atoms with van der Waals surface area (Å²) in [6.45, 7) is 3.95. The number of pyridine rings is 1. The molecule has 0 aliphatic carbocycles. The van der Waals surface area contributed by atoms with Gasteiger partial charge in [0.1, 0.15) is 11.4 Å². The maximum atomic E-state index is 12.6. The summed E-state index contributed by atoms with van der Waals surface area (Å²) in [7, 11) is 1.62. The van der Waals surface area contributed by atoms with Crippen LogP contribution in [0.5, 0.6) is 5.75 Å². The van der Waals surface area contributed by atoms with E-state index < -0.39 is 0 Å². The molecule has 1 heterocycles. The summed E-state index contributed by atoms with van der Waals surface area (Å²) in [5.41, 5.74) is 4.81. The Hall–Kier alpha value is -3.34. The van der Waals surface area contributed by atoms with Crippen LogP contribution in [-0.4, -0.2) is 18.0 Å². The predicted molar refractivity (Wildman–Crippen MR) is 104 cm³/mol. The third-order valence-corrected chi connectivity index (χ3v) is 4.02. The number of carbonyl (C=O) groups is 1. The molecule has 0 saturated carbocycles. The first kappa shape index (κ1) is 17.5. The molecule has 0 saturated heterocycles. The van der Waals surface area contributed by atoms with Crippen LogP contribution in [0, 0.1) is 13.8 Å². The summed E-state index contributed by atoms with van der Waals surface area (Å²) < 4.78 is 5.34. The van der Waals surface area contributed by atoms with Crippen LogP contribution in [-0.2, 0) is 0 Å². The number of benzene rings is 2. The number of ether oxygens (including phenoxy) is 1. The average molecular weight is 347 g/mol. The number of aromatic nitrogens is 1. The van der Waals surface area contributed by atoms with Crippen molar-refractivity contribution in [2.75, 3.05) is 17.7 Å². The summed E-state index contributed by atoms with van der Waals surface area (Å²) >= 11 is 0. The van der Waals surface area contributed by atoms with E-state index in [9.17, 15) is 4.79 Å². The van der Waals surface area contributed by atoms with Crippen molar-refractivity contribution in [1.29, 1.82) is 0 Å². The first-order valence-corrected chi connectivity index (χ1v) is 8.31. The number of hydrogen-bond acceptors (Lipinski definition) is 4. The third kappa shape index (κ3) is 4.00. The molecule has 0 bridgehead atoms. The van der Waals surface area contributed by atoms with Crippen LogP contribution in [0.25, 0.3) is 0 Å². The minimum absolute atomic E-state index is 0.248. The lowest BCUT2D eigenvalue weighted by Crippen LogP contribution is -2.14. The van der Waals surface area contributed by atoms with Gasteiger partial charge in [-0.05, 0) is 55.3 Å². The fraction of sp³-hybridized carbons (Fsp3) is 0.143. The zero-order valence-corrected chi connectivity index (χ0v) is 15.0. The van der Waals surface area contributed by atoms with Crippen LogP contribution in [0.15, 0.2) is 60.8 Å². The van der Waals surface area contributed by atoms with Gasteiger partial charge in [-0.2, -0.15) is 0 Å². The van der Waals surface area contributed by atoms with Gasteiger partial charge in [0.15, 0.2) is 0 Å². The Morgan fingerprint density at radius 2 is 1.81 bits per heavy atom. The molecular formula is C21H21N3O2. The Morgan fingerprint density at radius 3 is 2.62 bits per heavy atom. The molecule has 132 valence electrons. The van der Waals surface area contributed by atoms with Crippen molar-refractivity contribution in [3.05, 3.63) is 77.6 Å². The molecule has 1 aromatic heterocycles. The van der Waals surface area contributed by atoms with E-state index in [2.05, 4.69) is 15.6 Å². The maximum absolute atomic E-state index is 12.6. The molecule has 3 rings (SSSR count). The molecule has 0 spiro atoms. The van der Waals surface area contributed by atoms with Gasteiger partial charge in [-0.25, -0.2) is 0 Å². The number of rotatable bonds is 5. The Balaban J connectivity index is 1.80. The number of hydrogen-bond donors (Lipinski definition) is 2. The minimum Gasteiger partial charge on any atom is -0.495 e. The third-order valence-electron chi connectivity index (χ3n) is 4.02. The van der Waals surface area contributed by atoms with Crippen LogP contribution < -0.4 is 15.4 Å². The molecule has 0 radical (unpaired) electrons. The fourth-order valence-corrected chi connectivity index (χ4v) is 2.59. The smallest absolute Gasteiger partial charge is 0.274 e. The molecule has 0 aliphatic heterocycles. The summed E-state index contributed by atoms with van der Waals surface area (Å²) in [5, 5.41) is 6.19. The second-order valence-electron chi connectivity index (χ2n) is 6.03. The maximum Gasteiger partial charge on any atom is 0.274 e. The van der Waals surface area contributed by atoms with Crippen molar-refractivity contribution in [2.45, 2.75) is 13.8 Å². The Labute approximate surface area is 153 Å². The number of anilines is 3. The van der Waals surface area contributed by atoms with Crippen LogP contribution in [0.4, 0.5) is 17.1 Å². The predicted octanol–water partition coefficient (Wildman–Crippen LogP) is 4.70. The first-order chi connectivity index (χ1) is 12.6. The van der Waals surface area contributed by atoms with Gasteiger partial charge in [0.25, 0.3) is 5.91 Å². The van der Waals surface area contributed by atoms with Gasteiger partial charge in [-0.15, -0.1) is 0 Å². The van der Waals surface area contributed by atoms with E-state index >= 15 is 0 Å². The van der Waals surface area contributed by atoms with Crippen LogP contribution in [0.3, 0.4) is 0 Å². The molecule has 0 unspecified atom stereocenters. The van der Waals surface area contributed by atoms with Gasteiger partial charge in [0.2, 0.25) is 0 Å². The molecular weight excluding hydrogens is 326 g/mol. The Kier molecular flexibility index (Phi) is 5.17. The van der Waals surface area contributed by atoms with E-state index in [4.69, 9.17) is 4.74 Å². The second kappa shape index (κ2) is 7.70. The van der Waals surface area contributed by atoms with Gasteiger partial charge in [0.05, 0.1) is 12.8 Å². The zero-order chi connectivity index (χ0) is 18.5. The van der Waals surface area contributed by atoms with E-state index in [0.717, 1.165) is 33.9 Å². The minimum atomic E-state index is -0.248. The molecule has 5 heteroatoms. The zero-order valence-electron chi connectivity index (χ0n) is 15.0. The van der Waals surface area contributed by atoms with Gasteiger partial charge in [-0.3, -0.25) is 9.78 Å². The van der Waals surface area contributed by atoms with E-state index in [-0.39, 0.29) is 5.91 Å². The van der Waals surface area contributed by atoms with Gasteiger partial charge >= 0.3 is 0 Å². The van der Waals surface area contributed by atoms with Crippen LogP contribution in [0.1, 0.15) is 21.6 Å². The van der Waals surface area contributed by atoms with E-state index in [1.807, 2.05) is 56.3 Å². The highest BCUT2D eigenvalue weighted by molar-refractivity contribution is 6.03. The largest absolute Gasteiger partial charge is 0.495 e. The normalized spacial score (nSPS) is 10.3. The molecule has 26 heavy (non-hydrogen) atoms. The molecule has 2 aromatic carbocycles. The van der Waals surface area contributed by atoms with E-state index in [0.29, 0.717) is 5.69 Å². The standard InChI is InChI=1S/C21H21N3O2/c1-14-8-9-15(2)18(12-14)24-21(25)19-13-16(10-11-22-19)23-17-6-4-5-7-20(17)26-3/h4-13H,1-3H3,(H,22,23)(H,24,25). The highest BCUT2D eigenvalue weighted by Crippen LogP contribution is 2.27. The number of aryl methyl sites for hydroxylation is 2. The van der Waals surface area contributed by atoms with Crippen molar-refractivity contribution < 1.29 is 9.53 Å². The number of amides is 1. The summed E-state index contributed by atoms with van der Waals surface area (Å²) in [4.78, 5) is 16.8. The number of nitrogens with zero attached hydrogens (tertiary/aromatic N) is 1. The Morgan fingerprint density at radius 1 is 1.00 bits per heavy atom. The first-order valence-electron chi connectivity index (χ1n) is 8.31. The van der Waals surface area contributed by atoms with Crippen molar-refractivity contribution in [1.82, 2.24) is 4.98 Å². The quantitative estimate of drug-likeness (QED) is 0.702. The number of carbonyl (C=O) groups excluding carboxylic acids is 1. The Bertz CT molecular complexity index is 938. The van der Waals surface area contributed by atoms with Crippen LogP contribution in [0.2, 0.25) is 0 Å². The molecule has 5 nitrogen and oxygen atoms in total. The fourth-order valence-electron chi connectivity index (χ4n) is 2.59. The molecule has 0 atom stereocenters. The number of para-hydroxylation sites is 2. The van der Waals surface area contributed by atoms with Crippen molar-refractivity contribution in [3.63, 3.8) is 0 Å². The number of nitrogens with one attached hydrogen (secondary N) is 2. The van der Waals surface area contributed by atoms with Gasteiger partial charge in [-0.1, -0.05) is 24.3 Å². The molecule has 3 aromatic rings. The average Bonchev–Trinajstić information content (AvgIpc) is 2.65. The van der Waals surface area contributed by atoms with Gasteiger partial charge < -0.3 is 15.4 Å². The van der Waals surface area contributed by atoms with Gasteiger partial charge in [0, 0.05) is 17.6 Å². The highest BCUT2D eigenvalue weighted by Gasteiger charge is 2.11. The lowest BCUT2D eigenvalue weighted by molar-refractivity contribution is 0.102. The summed E-state index contributed by atoms with van der Waals surface area (Å²) in [6.07, 6.45) is 1.61. The number of methoxy groups -OCH3 is 1. The van der Waals surface area contributed by atoms with Crippen LogP contribution >= 0.6 is 0 Å². The SMILES string of the molecule is COc1ccccc1Nc1ccnc(C(=O)Nc2cc(C)ccc2C)c1. The topological polar surface area (TPSA) is 63.2 Å². The second-order valence-corrected chi connectivity index (χ2v) is 6.03. The van der Waals surface area contributed by atoms with Crippen molar-refractivity contribution >= 4 is 23.0 Å². The summed E-state index contributed by atoms with van der Waals surface area (Å²) in [5.74, 6) is 0.480. The molecule has 0 fully saturated rings. The monoisotopic (exact) mass is 347 g/mol. The lowest BCUT2D eigenvalue weighted by atomic mass is 10.1.